The maximum atomic E-state index is 13.0. The Bertz CT molecular complexity index is 477. The lowest BCUT2D eigenvalue weighted by Crippen LogP contribution is -2.53. The summed E-state index contributed by atoms with van der Waals surface area (Å²) in [7, 11) is 1.81. The molecule has 1 saturated heterocycles. The van der Waals surface area contributed by atoms with Gasteiger partial charge in [-0.15, -0.1) is 0 Å². The molecule has 116 valence electrons. The molecule has 5 heteroatoms. The molecule has 0 radical (unpaired) electrons. The van der Waals surface area contributed by atoms with Crippen LogP contribution in [-0.2, 0) is 4.79 Å². The van der Waals surface area contributed by atoms with Crippen molar-refractivity contribution in [3.63, 3.8) is 0 Å². The van der Waals surface area contributed by atoms with E-state index in [-0.39, 0.29) is 17.8 Å². The number of halogens is 1. The van der Waals surface area contributed by atoms with Crippen molar-refractivity contribution >= 4 is 5.91 Å². The Balaban J connectivity index is 1.96. The summed E-state index contributed by atoms with van der Waals surface area (Å²) in [5.41, 5.74) is 0.945. The van der Waals surface area contributed by atoms with Crippen LogP contribution in [0.5, 0.6) is 0 Å². The van der Waals surface area contributed by atoms with Crippen molar-refractivity contribution in [3.8, 4) is 0 Å². The molecule has 4 nitrogen and oxygen atoms in total. The van der Waals surface area contributed by atoms with E-state index in [9.17, 15) is 9.18 Å². The Morgan fingerprint density at radius 3 is 2.76 bits per heavy atom. The summed E-state index contributed by atoms with van der Waals surface area (Å²) in [5.74, 6) is -0.157. The lowest BCUT2D eigenvalue weighted by Gasteiger charge is -2.35. The lowest BCUT2D eigenvalue weighted by molar-refractivity contribution is -0.133. The summed E-state index contributed by atoms with van der Waals surface area (Å²) in [4.78, 5) is 16.4. The van der Waals surface area contributed by atoms with E-state index in [1.807, 2.05) is 14.0 Å². The van der Waals surface area contributed by atoms with Gasteiger partial charge in [0.2, 0.25) is 5.91 Å². The number of carbonyl (C=O) groups is 1. The molecule has 2 atom stereocenters. The minimum Gasteiger partial charge on any atom is -0.338 e. The average Bonchev–Trinajstić information content (AvgIpc) is 2.49. The molecule has 0 bridgehead atoms. The van der Waals surface area contributed by atoms with Gasteiger partial charge in [-0.2, -0.15) is 0 Å². The van der Waals surface area contributed by atoms with Crippen LogP contribution in [0.1, 0.15) is 25.5 Å². The molecule has 1 aromatic rings. The fraction of sp³-hybridized carbons (Fsp3) is 0.562. The second kappa shape index (κ2) is 7.00. The second-order valence-corrected chi connectivity index (χ2v) is 5.76. The third-order valence-corrected chi connectivity index (χ3v) is 4.30. The van der Waals surface area contributed by atoms with E-state index in [2.05, 4.69) is 17.1 Å². The normalized spacial score (nSPS) is 21.0. The van der Waals surface area contributed by atoms with Gasteiger partial charge in [-0.05, 0) is 31.5 Å². The van der Waals surface area contributed by atoms with Crippen LogP contribution >= 0.6 is 0 Å². The molecule has 1 N–H and O–H groups in total. The number of hydrogen-bond donors (Lipinski definition) is 1. The highest BCUT2D eigenvalue weighted by Crippen LogP contribution is 2.19. The van der Waals surface area contributed by atoms with Gasteiger partial charge in [0.1, 0.15) is 5.82 Å². The summed E-state index contributed by atoms with van der Waals surface area (Å²) in [6.07, 6.45) is 0. The largest absolute Gasteiger partial charge is 0.338 e. The van der Waals surface area contributed by atoms with Crippen molar-refractivity contribution in [2.45, 2.75) is 25.9 Å². The maximum Gasteiger partial charge on any atom is 0.237 e. The van der Waals surface area contributed by atoms with Gasteiger partial charge in [0.05, 0.1) is 12.6 Å². The number of rotatable bonds is 4. The van der Waals surface area contributed by atoms with Crippen molar-refractivity contribution in [1.29, 1.82) is 0 Å². The fourth-order valence-corrected chi connectivity index (χ4v) is 2.58. The first-order valence-corrected chi connectivity index (χ1v) is 7.45. The molecule has 1 aliphatic heterocycles. The van der Waals surface area contributed by atoms with Gasteiger partial charge in [-0.1, -0.05) is 12.1 Å². The number of amides is 1. The second-order valence-electron chi connectivity index (χ2n) is 5.76. The van der Waals surface area contributed by atoms with Crippen LogP contribution in [0.25, 0.3) is 0 Å². The zero-order valence-corrected chi connectivity index (χ0v) is 13.0. The molecule has 0 spiro atoms. The Labute approximate surface area is 125 Å². The number of nitrogens with zero attached hydrogens (tertiary/aromatic N) is 2. The number of likely N-dealkylation sites (N-methyl/N-ethyl adjacent to an activating group) is 1. The van der Waals surface area contributed by atoms with Gasteiger partial charge in [0.25, 0.3) is 0 Å². The van der Waals surface area contributed by atoms with E-state index in [0.29, 0.717) is 12.6 Å². The van der Waals surface area contributed by atoms with Crippen molar-refractivity contribution < 1.29 is 9.18 Å². The fourth-order valence-electron chi connectivity index (χ4n) is 2.58. The molecular formula is C16H24FN3O. The quantitative estimate of drug-likeness (QED) is 0.916. The van der Waals surface area contributed by atoms with Crippen molar-refractivity contribution in [3.05, 3.63) is 35.6 Å². The molecule has 0 aliphatic carbocycles. The minimum atomic E-state index is -0.255. The molecule has 1 amide bonds. The Morgan fingerprint density at radius 1 is 1.48 bits per heavy atom. The first-order valence-electron chi connectivity index (χ1n) is 7.45. The zero-order valence-electron chi connectivity index (χ0n) is 13.0. The van der Waals surface area contributed by atoms with E-state index in [0.717, 1.165) is 25.2 Å². The third kappa shape index (κ3) is 4.02. The lowest BCUT2D eigenvalue weighted by atomic mass is 10.1. The van der Waals surface area contributed by atoms with E-state index in [1.165, 1.54) is 12.1 Å². The van der Waals surface area contributed by atoms with Crippen molar-refractivity contribution in [2.75, 3.05) is 33.2 Å². The molecule has 0 saturated carbocycles. The van der Waals surface area contributed by atoms with E-state index < -0.39 is 0 Å². The monoisotopic (exact) mass is 293 g/mol. The van der Waals surface area contributed by atoms with Crippen molar-refractivity contribution in [1.82, 2.24) is 15.1 Å². The summed E-state index contributed by atoms with van der Waals surface area (Å²) < 4.78 is 13.0. The highest BCUT2D eigenvalue weighted by atomic mass is 19.1. The Hall–Kier alpha value is -1.46. The van der Waals surface area contributed by atoms with Crippen LogP contribution in [0.2, 0.25) is 0 Å². The van der Waals surface area contributed by atoms with Gasteiger partial charge in [0.15, 0.2) is 0 Å². The van der Waals surface area contributed by atoms with Crippen LogP contribution in [0.4, 0.5) is 4.39 Å². The van der Waals surface area contributed by atoms with Gasteiger partial charge in [-0.3, -0.25) is 9.69 Å². The predicted octanol–water partition coefficient (Wildman–Crippen LogP) is 1.64. The average molecular weight is 293 g/mol. The smallest absolute Gasteiger partial charge is 0.237 e. The van der Waals surface area contributed by atoms with Gasteiger partial charge >= 0.3 is 0 Å². The maximum absolute atomic E-state index is 13.0. The van der Waals surface area contributed by atoms with Crippen molar-refractivity contribution in [2.24, 2.45) is 0 Å². The zero-order chi connectivity index (χ0) is 15.4. The third-order valence-electron chi connectivity index (χ3n) is 4.30. The number of benzene rings is 1. The van der Waals surface area contributed by atoms with Crippen LogP contribution in [0, 0.1) is 5.82 Å². The molecule has 21 heavy (non-hydrogen) atoms. The highest BCUT2D eigenvalue weighted by molar-refractivity contribution is 5.78. The summed E-state index contributed by atoms with van der Waals surface area (Å²) in [6, 6.07) is 6.65. The van der Waals surface area contributed by atoms with Gasteiger partial charge in [-0.25, -0.2) is 4.39 Å². The first-order chi connectivity index (χ1) is 9.99. The predicted molar refractivity (Wildman–Crippen MR) is 81.5 cm³/mol. The molecule has 2 rings (SSSR count). The van der Waals surface area contributed by atoms with Crippen LogP contribution < -0.4 is 5.32 Å². The molecular weight excluding hydrogens is 269 g/mol. The van der Waals surface area contributed by atoms with E-state index in [1.54, 1.807) is 17.0 Å². The highest BCUT2D eigenvalue weighted by Gasteiger charge is 2.24. The number of carbonyl (C=O) groups excluding carboxylic acids is 1. The Kier molecular flexibility index (Phi) is 5.31. The molecule has 0 aromatic heterocycles. The van der Waals surface area contributed by atoms with Crippen LogP contribution in [0.15, 0.2) is 24.3 Å². The molecule has 1 unspecified atom stereocenters. The first kappa shape index (κ1) is 15.9. The molecule has 1 fully saturated rings. The number of nitrogens with one attached hydrogen (secondary N) is 1. The minimum absolute atomic E-state index is 0.0590. The van der Waals surface area contributed by atoms with Crippen LogP contribution in [0.3, 0.4) is 0 Å². The number of hydrogen-bond acceptors (Lipinski definition) is 3. The van der Waals surface area contributed by atoms with E-state index in [4.69, 9.17) is 0 Å². The number of piperazine rings is 1. The topological polar surface area (TPSA) is 35.6 Å². The SMILES string of the molecule is CC(c1ccc(F)cc1)N(C)C(=O)CN1CCNC[C@@H]1C. The summed E-state index contributed by atoms with van der Waals surface area (Å²) in [5, 5.41) is 3.32. The van der Waals surface area contributed by atoms with Crippen LogP contribution in [-0.4, -0.2) is 55.0 Å². The molecule has 1 heterocycles. The standard InChI is InChI=1S/C16H24FN3O/c1-12-10-18-8-9-20(12)11-16(21)19(3)13(2)14-4-6-15(17)7-5-14/h4-7,12-13,18H,8-11H2,1-3H3/t12-,13?/m0/s1. The summed E-state index contributed by atoms with van der Waals surface area (Å²) in [6.45, 7) is 7.27. The van der Waals surface area contributed by atoms with Gasteiger partial charge < -0.3 is 10.2 Å². The summed E-state index contributed by atoms with van der Waals surface area (Å²) >= 11 is 0. The molecule has 1 aromatic carbocycles. The molecule has 1 aliphatic rings. The Morgan fingerprint density at radius 2 is 2.14 bits per heavy atom. The van der Waals surface area contributed by atoms with Gasteiger partial charge in [0, 0.05) is 32.7 Å². The van der Waals surface area contributed by atoms with E-state index >= 15 is 0 Å².